The summed E-state index contributed by atoms with van der Waals surface area (Å²) in [6.07, 6.45) is 3.45. The lowest BCUT2D eigenvalue weighted by atomic mass is 10.2. The number of hydrogen-bond donors (Lipinski definition) is 2. The average molecular weight is 414 g/mol. The van der Waals surface area contributed by atoms with Crippen molar-refractivity contribution in [3.63, 3.8) is 0 Å². The fourth-order valence-corrected chi connectivity index (χ4v) is 2.51. The summed E-state index contributed by atoms with van der Waals surface area (Å²) < 4.78 is 29.4. The Morgan fingerprint density at radius 1 is 1.03 bits per heavy atom. The van der Waals surface area contributed by atoms with Crippen LogP contribution in [-0.4, -0.2) is 37.6 Å². The smallest absolute Gasteiger partial charge is 0.331 e. The molecule has 0 radical (unpaired) electrons. The number of carbonyl (C=O) groups is 3. The van der Waals surface area contributed by atoms with Gasteiger partial charge in [0.15, 0.2) is 18.1 Å². The van der Waals surface area contributed by atoms with Crippen LogP contribution in [0.1, 0.15) is 22.3 Å². The Kier molecular flexibility index (Phi) is 6.99. The second kappa shape index (κ2) is 10.1. The highest BCUT2D eigenvalue weighted by Gasteiger charge is 2.13. The van der Waals surface area contributed by atoms with Crippen molar-refractivity contribution in [1.29, 1.82) is 0 Å². The number of hydrazine groups is 1. The van der Waals surface area contributed by atoms with Crippen molar-refractivity contribution < 1.29 is 33.0 Å². The van der Waals surface area contributed by atoms with E-state index in [1.807, 2.05) is 10.9 Å². The number of halogens is 1. The van der Waals surface area contributed by atoms with Crippen LogP contribution >= 0.6 is 0 Å². The standard InChI is InChI=1S/C21H19FN2O6/c22-16-5-2-1-4-15(16)21(27)24-23-19(25)13-30-20(26)9-7-14-6-8-17-18(12-14)29-11-3-10-28-17/h1-2,4-9,12H,3,10-11,13H2,(H,23,25)(H,24,27)/b9-7+. The van der Waals surface area contributed by atoms with Gasteiger partial charge in [-0.15, -0.1) is 0 Å². The zero-order valence-electron chi connectivity index (χ0n) is 15.9. The van der Waals surface area contributed by atoms with Crippen molar-refractivity contribution in [2.45, 2.75) is 6.42 Å². The molecule has 30 heavy (non-hydrogen) atoms. The van der Waals surface area contributed by atoms with Crippen molar-refractivity contribution in [3.05, 3.63) is 65.5 Å². The Morgan fingerprint density at radius 2 is 1.80 bits per heavy atom. The molecule has 0 unspecified atom stereocenters. The minimum Gasteiger partial charge on any atom is -0.490 e. The van der Waals surface area contributed by atoms with E-state index in [2.05, 4.69) is 0 Å². The third-order valence-electron chi connectivity index (χ3n) is 3.96. The van der Waals surface area contributed by atoms with E-state index in [4.69, 9.17) is 14.2 Å². The summed E-state index contributed by atoms with van der Waals surface area (Å²) in [5.74, 6) is -1.86. The zero-order chi connectivity index (χ0) is 21.3. The summed E-state index contributed by atoms with van der Waals surface area (Å²) in [7, 11) is 0. The number of ether oxygens (including phenoxy) is 3. The summed E-state index contributed by atoms with van der Waals surface area (Å²) >= 11 is 0. The van der Waals surface area contributed by atoms with Crippen LogP contribution in [0.2, 0.25) is 0 Å². The number of hydrogen-bond acceptors (Lipinski definition) is 6. The van der Waals surface area contributed by atoms with Crippen LogP contribution in [-0.2, 0) is 14.3 Å². The molecule has 2 aromatic carbocycles. The second-order valence-electron chi connectivity index (χ2n) is 6.18. The number of nitrogens with one attached hydrogen (secondary N) is 2. The highest BCUT2D eigenvalue weighted by Crippen LogP contribution is 2.30. The van der Waals surface area contributed by atoms with E-state index in [9.17, 15) is 18.8 Å². The number of carbonyl (C=O) groups excluding carboxylic acids is 3. The Hall–Kier alpha value is -3.88. The molecule has 0 aromatic heterocycles. The molecule has 156 valence electrons. The van der Waals surface area contributed by atoms with Gasteiger partial charge in [-0.05, 0) is 35.9 Å². The van der Waals surface area contributed by atoms with Gasteiger partial charge in [-0.2, -0.15) is 0 Å². The summed E-state index contributed by atoms with van der Waals surface area (Å²) in [6.45, 7) is 0.504. The third kappa shape index (κ3) is 5.81. The van der Waals surface area contributed by atoms with Gasteiger partial charge in [0.25, 0.3) is 11.8 Å². The lowest BCUT2D eigenvalue weighted by Crippen LogP contribution is -2.43. The minimum absolute atomic E-state index is 0.229. The number of rotatable bonds is 5. The highest BCUT2D eigenvalue weighted by atomic mass is 19.1. The Bertz CT molecular complexity index is 976. The molecule has 0 aliphatic carbocycles. The van der Waals surface area contributed by atoms with Crippen LogP contribution in [0.5, 0.6) is 11.5 Å². The maximum atomic E-state index is 13.5. The molecule has 1 aliphatic heterocycles. The number of fused-ring (bicyclic) bond motifs is 1. The molecular formula is C21H19FN2O6. The number of amides is 2. The van der Waals surface area contributed by atoms with E-state index in [-0.39, 0.29) is 5.56 Å². The van der Waals surface area contributed by atoms with Crippen molar-refractivity contribution in [1.82, 2.24) is 10.9 Å². The molecular weight excluding hydrogens is 395 g/mol. The van der Waals surface area contributed by atoms with Gasteiger partial charge in [-0.25, -0.2) is 9.18 Å². The molecule has 2 amide bonds. The largest absolute Gasteiger partial charge is 0.490 e. The van der Waals surface area contributed by atoms with E-state index in [1.165, 1.54) is 24.3 Å². The van der Waals surface area contributed by atoms with Gasteiger partial charge < -0.3 is 14.2 Å². The minimum atomic E-state index is -0.831. The first-order valence-corrected chi connectivity index (χ1v) is 9.11. The lowest BCUT2D eigenvalue weighted by Gasteiger charge is -2.08. The lowest BCUT2D eigenvalue weighted by molar-refractivity contribution is -0.144. The van der Waals surface area contributed by atoms with Gasteiger partial charge in [0.05, 0.1) is 18.8 Å². The van der Waals surface area contributed by atoms with Crippen LogP contribution in [0.3, 0.4) is 0 Å². The maximum absolute atomic E-state index is 13.5. The quantitative estimate of drug-likeness (QED) is 0.441. The number of esters is 1. The summed E-state index contributed by atoms with van der Waals surface area (Å²) in [5, 5.41) is 0. The van der Waals surface area contributed by atoms with E-state index in [0.29, 0.717) is 30.3 Å². The summed E-state index contributed by atoms with van der Waals surface area (Å²) in [6, 6.07) is 10.5. The number of benzene rings is 2. The molecule has 9 heteroatoms. The first-order chi connectivity index (χ1) is 14.5. The fraction of sp³-hybridized carbons (Fsp3) is 0.190. The van der Waals surface area contributed by atoms with Crippen LogP contribution in [0.15, 0.2) is 48.5 Å². The average Bonchev–Trinajstić information content (AvgIpc) is 3.00. The molecule has 0 spiro atoms. The second-order valence-corrected chi connectivity index (χ2v) is 6.18. The van der Waals surface area contributed by atoms with Crippen molar-refractivity contribution in [2.24, 2.45) is 0 Å². The van der Waals surface area contributed by atoms with Gasteiger partial charge in [0, 0.05) is 12.5 Å². The van der Waals surface area contributed by atoms with Crippen LogP contribution in [0, 0.1) is 5.82 Å². The van der Waals surface area contributed by atoms with E-state index >= 15 is 0 Å². The van der Waals surface area contributed by atoms with Crippen molar-refractivity contribution in [2.75, 3.05) is 19.8 Å². The molecule has 8 nitrogen and oxygen atoms in total. The monoisotopic (exact) mass is 414 g/mol. The third-order valence-corrected chi connectivity index (χ3v) is 3.96. The molecule has 0 atom stereocenters. The Balaban J connectivity index is 1.44. The molecule has 0 saturated carbocycles. The van der Waals surface area contributed by atoms with Crippen molar-refractivity contribution >= 4 is 23.9 Å². The predicted octanol–water partition coefficient (Wildman–Crippen LogP) is 2.00. The van der Waals surface area contributed by atoms with Crippen LogP contribution in [0.25, 0.3) is 6.08 Å². The molecule has 2 N–H and O–H groups in total. The van der Waals surface area contributed by atoms with Crippen LogP contribution < -0.4 is 20.3 Å². The van der Waals surface area contributed by atoms with Gasteiger partial charge in [-0.1, -0.05) is 18.2 Å². The molecule has 3 rings (SSSR count). The highest BCUT2D eigenvalue weighted by molar-refractivity contribution is 5.96. The maximum Gasteiger partial charge on any atom is 0.331 e. The molecule has 0 fully saturated rings. The predicted molar refractivity (Wildman–Crippen MR) is 104 cm³/mol. The summed E-state index contributed by atoms with van der Waals surface area (Å²) in [5.41, 5.74) is 4.55. The molecule has 2 aromatic rings. The Morgan fingerprint density at radius 3 is 2.60 bits per heavy atom. The fourth-order valence-electron chi connectivity index (χ4n) is 2.51. The van der Waals surface area contributed by atoms with Crippen LogP contribution in [0.4, 0.5) is 4.39 Å². The van der Waals surface area contributed by atoms with E-state index < -0.39 is 30.2 Å². The topological polar surface area (TPSA) is 103 Å². The normalized spacial score (nSPS) is 12.7. The van der Waals surface area contributed by atoms with Crippen molar-refractivity contribution in [3.8, 4) is 11.5 Å². The van der Waals surface area contributed by atoms with Gasteiger partial charge in [0.1, 0.15) is 5.82 Å². The summed E-state index contributed by atoms with van der Waals surface area (Å²) in [4.78, 5) is 35.3. The first kappa shape index (κ1) is 20.8. The van der Waals surface area contributed by atoms with E-state index in [1.54, 1.807) is 18.2 Å². The first-order valence-electron chi connectivity index (χ1n) is 9.11. The van der Waals surface area contributed by atoms with Gasteiger partial charge >= 0.3 is 5.97 Å². The zero-order valence-corrected chi connectivity index (χ0v) is 15.9. The SMILES string of the molecule is O=C(COC(=O)/C=C/c1ccc2c(c1)OCCCO2)NNC(=O)c1ccccc1F. The van der Waals surface area contributed by atoms with Gasteiger partial charge in [0.2, 0.25) is 0 Å². The van der Waals surface area contributed by atoms with Gasteiger partial charge in [-0.3, -0.25) is 20.4 Å². The molecule has 1 aliphatic rings. The molecule has 0 saturated heterocycles. The van der Waals surface area contributed by atoms with E-state index in [0.717, 1.165) is 18.6 Å². The molecule has 0 bridgehead atoms. The molecule has 1 heterocycles. The Labute approximate surface area is 171 Å².